The number of rotatable bonds is 2. The molecule has 1 amide bonds. The van der Waals surface area contributed by atoms with Crippen molar-refractivity contribution in [1.29, 1.82) is 0 Å². The van der Waals surface area contributed by atoms with Crippen LogP contribution in [0.15, 0.2) is 0 Å². The number of carbonyl (C=O) groups is 1. The molecule has 0 aromatic heterocycles. The van der Waals surface area contributed by atoms with Gasteiger partial charge in [0.1, 0.15) is 6.61 Å². The van der Waals surface area contributed by atoms with E-state index >= 15 is 0 Å². The van der Waals surface area contributed by atoms with Crippen molar-refractivity contribution < 1.29 is 14.3 Å². The summed E-state index contributed by atoms with van der Waals surface area (Å²) in [6.07, 6.45) is 1.87. The van der Waals surface area contributed by atoms with Gasteiger partial charge in [0.2, 0.25) is 5.91 Å². The third kappa shape index (κ3) is 2.48. The largest absolute Gasteiger partial charge is 0.381 e. The fourth-order valence-electron chi connectivity index (χ4n) is 2.14. The first-order valence-corrected chi connectivity index (χ1v) is 5.50. The molecule has 15 heavy (non-hydrogen) atoms. The van der Waals surface area contributed by atoms with Gasteiger partial charge >= 0.3 is 0 Å². The molecule has 1 unspecified atom stereocenters. The summed E-state index contributed by atoms with van der Waals surface area (Å²) in [6, 6.07) is 0.323. The molecule has 5 nitrogen and oxygen atoms in total. The van der Waals surface area contributed by atoms with Crippen LogP contribution in [0, 0.1) is 0 Å². The lowest BCUT2D eigenvalue weighted by atomic mass is 10.1. The first-order chi connectivity index (χ1) is 7.31. The van der Waals surface area contributed by atoms with E-state index in [0.717, 1.165) is 26.1 Å². The molecule has 0 spiro atoms. The monoisotopic (exact) mass is 214 g/mol. The van der Waals surface area contributed by atoms with Crippen LogP contribution in [0.2, 0.25) is 0 Å². The van der Waals surface area contributed by atoms with Gasteiger partial charge in [-0.15, -0.1) is 0 Å². The normalized spacial score (nSPS) is 29.5. The van der Waals surface area contributed by atoms with E-state index in [2.05, 4.69) is 0 Å². The molecule has 0 saturated carbocycles. The van der Waals surface area contributed by atoms with E-state index in [1.165, 1.54) is 0 Å². The Bertz CT molecular complexity index is 229. The first-order valence-electron chi connectivity index (χ1n) is 5.50. The second-order valence-corrected chi connectivity index (χ2v) is 4.06. The molecule has 0 radical (unpaired) electrons. The van der Waals surface area contributed by atoms with Gasteiger partial charge in [-0.05, 0) is 12.8 Å². The number of hydrogen-bond donors (Lipinski definition) is 1. The second-order valence-electron chi connectivity index (χ2n) is 4.06. The number of morpholine rings is 1. The average Bonchev–Trinajstić information content (AvgIpc) is 2.31. The zero-order valence-corrected chi connectivity index (χ0v) is 8.85. The molecule has 2 saturated heterocycles. The standard InChI is InChI=1S/C10H18N2O3/c11-5-9-6-12(10(13)7-15-9)8-1-3-14-4-2-8/h8-9H,1-7,11H2. The molecule has 0 aromatic carbocycles. The molecular weight excluding hydrogens is 196 g/mol. The summed E-state index contributed by atoms with van der Waals surface area (Å²) in [6.45, 7) is 2.80. The molecule has 0 aromatic rings. The summed E-state index contributed by atoms with van der Waals surface area (Å²) in [5.41, 5.74) is 5.55. The number of ether oxygens (including phenoxy) is 2. The van der Waals surface area contributed by atoms with Gasteiger partial charge in [-0.2, -0.15) is 0 Å². The van der Waals surface area contributed by atoms with Gasteiger partial charge in [-0.1, -0.05) is 0 Å². The number of nitrogens with zero attached hydrogens (tertiary/aromatic N) is 1. The van der Waals surface area contributed by atoms with Gasteiger partial charge in [-0.25, -0.2) is 0 Å². The van der Waals surface area contributed by atoms with E-state index in [-0.39, 0.29) is 18.6 Å². The minimum atomic E-state index is 0.00513. The van der Waals surface area contributed by atoms with Crippen molar-refractivity contribution in [2.45, 2.75) is 25.0 Å². The Labute approximate surface area is 89.5 Å². The van der Waals surface area contributed by atoms with Gasteiger partial charge in [0.25, 0.3) is 0 Å². The van der Waals surface area contributed by atoms with Gasteiger partial charge < -0.3 is 20.1 Å². The summed E-state index contributed by atoms with van der Waals surface area (Å²) in [5.74, 6) is 0.0894. The third-order valence-corrected chi connectivity index (χ3v) is 3.06. The van der Waals surface area contributed by atoms with E-state index in [1.807, 2.05) is 4.90 Å². The molecule has 2 aliphatic rings. The Morgan fingerprint density at radius 1 is 1.40 bits per heavy atom. The number of carbonyl (C=O) groups excluding carboxylic acids is 1. The quantitative estimate of drug-likeness (QED) is 0.663. The van der Waals surface area contributed by atoms with Crippen molar-refractivity contribution in [3.05, 3.63) is 0 Å². The number of hydrogen-bond acceptors (Lipinski definition) is 4. The molecular formula is C10H18N2O3. The Morgan fingerprint density at radius 2 is 2.13 bits per heavy atom. The van der Waals surface area contributed by atoms with Gasteiger partial charge in [0.05, 0.1) is 6.10 Å². The minimum absolute atomic E-state index is 0.00513. The molecule has 2 fully saturated rings. The maximum atomic E-state index is 11.7. The van der Waals surface area contributed by atoms with Crippen LogP contribution in [0.1, 0.15) is 12.8 Å². The van der Waals surface area contributed by atoms with Crippen LogP contribution in [0.3, 0.4) is 0 Å². The zero-order valence-electron chi connectivity index (χ0n) is 8.85. The highest BCUT2D eigenvalue weighted by molar-refractivity contribution is 5.78. The van der Waals surface area contributed by atoms with Crippen LogP contribution in [0.25, 0.3) is 0 Å². The summed E-state index contributed by atoms with van der Waals surface area (Å²) >= 11 is 0. The Hall–Kier alpha value is -0.650. The molecule has 1 atom stereocenters. The van der Waals surface area contributed by atoms with Gasteiger partial charge in [0.15, 0.2) is 0 Å². The van der Waals surface area contributed by atoms with Crippen LogP contribution in [0.5, 0.6) is 0 Å². The Morgan fingerprint density at radius 3 is 2.80 bits per heavy atom. The van der Waals surface area contributed by atoms with Crippen molar-refractivity contribution in [2.75, 3.05) is 32.9 Å². The lowest BCUT2D eigenvalue weighted by Gasteiger charge is -2.39. The van der Waals surface area contributed by atoms with Crippen molar-refractivity contribution in [1.82, 2.24) is 4.90 Å². The van der Waals surface area contributed by atoms with Crippen LogP contribution in [-0.4, -0.2) is 55.9 Å². The molecule has 0 aliphatic carbocycles. The van der Waals surface area contributed by atoms with Crippen molar-refractivity contribution in [3.63, 3.8) is 0 Å². The van der Waals surface area contributed by atoms with E-state index in [4.69, 9.17) is 15.2 Å². The fourth-order valence-corrected chi connectivity index (χ4v) is 2.14. The van der Waals surface area contributed by atoms with Crippen molar-refractivity contribution in [3.8, 4) is 0 Å². The highest BCUT2D eigenvalue weighted by atomic mass is 16.5. The third-order valence-electron chi connectivity index (χ3n) is 3.06. The lowest BCUT2D eigenvalue weighted by Crippen LogP contribution is -2.54. The van der Waals surface area contributed by atoms with Crippen LogP contribution in [0.4, 0.5) is 0 Å². The molecule has 2 N–H and O–H groups in total. The SMILES string of the molecule is NCC1CN(C2CCOCC2)C(=O)CO1. The van der Waals surface area contributed by atoms with Crippen molar-refractivity contribution >= 4 is 5.91 Å². The maximum Gasteiger partial charge on any atom is 0.248 e. The summed E-state index contributed by atoms with van der Waals surface area (Å²) < 4.78 is 10.6. The Kier molecular flexibility index (Phi) is 3.56. The average molecular weight is 214 g/mol. The van der Waals surface area contributed by atoms with E-state index in [9.17, 15) is 4.79 Å². The van der Waals surface area contributed by atoms with Gasteiger partial charge in [0, 0.05) is 32.3 Å². The zero-order chi connectivity index (χ0) is 10.7. The molecule has 2 aliphatic heterocycles. The summed E-state index contributed by atoms with van der Waals surface area (Å²) in [4.78, 5) is 13.6. The fraction of sp³-hybridized carbons (Fsp3) is 0.900. The maximum absolute atomic E-state index is 11.7. The second kappa shape index (κ2) is 4.92. The predicted molar refractivity (Wildman–Crippen MR) is 54.3 cm³/mol. The summed E-state index contributed by atoms with van der Waals surface area (Å²) in [7, 11) is 0. The predicted octanol–water partition coefficient (Wildman–Crippen LogP) is -0.648. The van der Waals surface area contributed by atoms with Crippen LogP contribution in [-0.2, 0) is 14.3 Å². The molecule has 86 valence electrons. The Balaban J connectivity index is 1.95. The number of amides is 1. The van der Waals surface area contributed by atoms with Gasteiger partial charge in [-0.3, -0.25) is 4.79 Å². The first kappa shape index (κ1) is 10.9. The smallest absolute Gasteiger partial charge is 0.248 e. The highest BCUT2D eigenvalue weighted by Gasteiger charge is 2.31. The summed E-state index contributed by atoms with van der Waals surface area (Å²) in [5, 5.41) is 0. The minimum Gasteiger partial charge on any atom is -0.381 e. The van der Waals surface area contributed by atoms with Crippen molar-refractivity contribution in [2.24, 2.45) is 5.73 Å². The lowest BCUT2D eigenvalue weighted by molar-refractivity contribution is -0.154. The van der Waals surface area contributed by atoms with Crippen LogP contribution < -0.4 is 5.73 Å². The van der Waals surface area contributed by atoms with E-state index < -0.39 is 0 Å². The molecule has 2 heterocycles. The van der Waals surface area contributed by atoms with E-state index in [0.29, 0.717) is 19.1 Å². The topological polar surface area (TPSA) is 64.8 Å². The van der Waals surface area contributed by atoms with Crippen LogP contribution >= 0.6 is 0 Å². The van der Waals surface area contributed by atoms with E-state index in [1.54, 1.807) is 0 Å². The number of nitrogens with two attached hydrogens (primary N) is 1. The molecule has 2 rings (SSSR count). The molecule has 0 bridgehead atoms. The highest BCUT2D eigenvalue weighted by Crippen LogP contribution is 2.18. The molecule has 5 heteroatoms.